The second-order valence-electron chi connectivity index (χ2n) is 6.99. The van der Waals surface area contributed by atoms with Gasteiger partial charge >= 0.3 is 5.97 Å². The maximum Gasteiger partial charge on any atom is 0.344 e. The molecular formula is C17H23FO3. The molecule has 0 aliphatic heterocycles. The number of esters is 1. The van der Waals surface area contributed by atoms with Crippen LogP contribution in [0.2, 0.25) is 0 Å². The first-order chi connectivity index (χ1) is 9.61. The van der Waals surface area contributed by atoms with Crippen LogP contribution in [0.5, 0.6) is 5.75 Å². The molecule has 0 aromatic heterocycles. The predicted molar refractivity (Wildman–Crippen MR) is 78.9 cm³/mol. The number of aromatic hydroxyl groups is 1. The number of rotatable bonds is 4. The van der Waals surface area contributed by atoms with Crippen molar-refractivity contribution >= 4 is 5.97 Å². The fourth-order valence-corrected chi connectivity index (χ4v) is 2.68. The van der Waals surface area contributed by atoms with Gasteiger partial charge in [-0.25, -0.2) is 9.18 Å². The van der Waals surface area contributed by atoms with Gasteiger partial charge in [0, 0.05) is 5.92 Å². The summed E-state index contributed by atoms with van der Waals surface area (Å²) in [7, 11) is 0. The van der Waals surface area contributed by atoms with E-state index >= 15 is 4.39 Å². The highest BCUT2D eigenvalue weighted by Gasteiger charge is 2.51. The van der Waals surface area contributed by atoms with Crippen LogP contribution in [-0.2, 0) is 9.53 Å². The molecule has 0 unspecified atom stereocenters. The van der Waals surface area contributed by atoms with Gasteiger partial charge in [0.05, 0.1) is 0 Å². The van der Waals surface area contributed by atoms with Crippen molar-refractivity contribution in [3.05, 3.63) is 29.8 Å². The zero-order chi connectivity index (χ0) is 15.8. The smallest absolute Gasteiger partial charge is 0.344 e. The van der Waals surface area contributed by atoms with E-state index in [0.29, 0.717) is 5.56 Å². The minimum absolute atomic E-state index is 0.0816. The third kappa shape index (κ3) is 3.74. The van der Waals surface area contributed by atoms with Gasteiger partial charge in [0.25, 0.3) is 0 Å². The summed E-state index contributed by atoms with van der Waals surface area (Å²) < 4.78 is 20.5. The molecule has 0 heterocycles. The quantitative estimate of drug-likeness (QED) is 0.855. The molecule has 1 aromatic rings. The summed E-state index contributed by atoms with van der Waals surface area (Å²) in [6, 6.07) is 6.50. The van der Waals surface area contributed by atoms with Crippen LogP contribution in [0.15, 0.2) is 24.3 Å². The fraction of sp³-hybridized carbons (Fsp3) is 0.588. The molecule has 1 aliphatic carbocycles. The van der Waals surface area contributed by atoms with Gasteiger partial charge in [0.15, 0.2) is 0 Å². The Morgan fingerprint density at radius 3 is 2.43 bits per heavy atom. The van der Waals surface area contributed by atoms with Gasteiger partial charge in [-0.2, -0.15) is 0 Å². The van der Waals surface area contributed by atoms with Crippen LogP contribution in [0.3, 0.4) is 0 Å². The van der Waals surface area contributed by atoms with E-state index in [1.54, 1.807) is 32.9 Å². The van der Waals surface area contributed by atoms with Gasteiger partial charge < -0.3 is 9.84 Å². The lowest BCUT2D eigenvalue weighted by Crippen LogP contribution is -2.43. The summed E-state index contributed by atoms with van der Waals surface area (Å²) >= 11 is 0. The normalized spacial score (nSPS) is 19.7. The molecule has 1 aromatic carbocycles. The van der Waals surface area contributed by atoms with Crippen LogP contribution >= 0.6 is 0 Å². The minimum atomic E-state index is -2.11. The Morgan fingerprint density at radius 1 is 1.33 bits per heavy atom. The third-order valence-corrected chi connectivity index (χ3v) is 3.70. The summed E-state index contributed by atoms with van der Waals surface area (Å²) in [5.41, 5.74) is -2.19. The number of phenolic OH excluding ortho intramolecular Hbond substituents is 1. The van der Waals surface area contributed by atoms with E-state index in [1.807, 2.05) is 0 Å². The van der Waals surface area contributed by atoms with Crippen molar-refractivity contribution < 1.29 is 19.0 Å². The monoisotopic (exact) mass is 294 g/mol. The van der Waals surface area contributed by atoms with Gasteiger partial charge in [-0.15, -0.1) is 0 Å². The molecule has 2 rings (SSSR count). The molecular weight excluding hydrogens is 271 g/mol. The molecule has 0 radical (unpaired) electrons. The summed E-state index contributed by atoms with van der Waals surface area (Å²) in [6.07, 6.45) is 1.78. The van der Waals surface area contributed by atoms with E-state index in [0.717, 1.165) is 12.8 Å². The number of ether oxygens (including phenoxy) is 1. The number of hydrogen-bond acceptors (Lipinski definition) is 3. The van der Waals surface area contributed by atoms with Gasteiger partial charge in [-0.3, -0.25) is 0 Å². The van der Waals surface area contributed by atoms with E-state index in [4.69, 9.17) is 4.74 Å². The zero-order valence-corrected chi connectivity index (χ0v) is 13.0. The molecule has 0 saturated heterocycles. The average Bonchev–Trinajstić information content (AvgIpc) is 3.11. The van der Waals surface area contributed by atoms with Gasteiger partial charge in [-0.1, -0.05) is 12.1 Å². The lowest BCUT2D eigenvalue weighted by molar-refractivity contribution is -0.170. The molecule has 3 nitrogen and oxygen atoms in total. The van der Waals surface area contributed by atoms with Crippen molar-refractivity contribution in [1.82, 2.24) is 0 Å². The standard InChI is InChI=1S/C17H23FO3/c1-16(2,3)21-15(20)17(4,18)14(11-8-9-11)12-6-5-7-13(19)10-12/h5-7,10-11,14,19H,8-9H2,1-4H3/t14-,17+/m0/s1. The minimum Gasteiger partial charge on any atom is -0.508 e. The summed E-state index contributed by atoms with van der Waals surface area (Å²) in [6.45, 7) is 6.46. The van der Waals surface area contributed by atoms with Gasteiger partial charge in [0.1, 0.15) is 11.4 Å². The highest BCUT2D eigenvalue weighted by Crippen LogP contribution is 2.50. The molecule has 2 atom stereocenters. The summed E-state index contributed by atoms with van der Waals surface area (Å²) in [5.74, 6) is -1.22. The Kier molecular flexibility index (Phi) is 4.00. The molecule has 0 spiro atoms. The van der Waals surface area contributed by atoms with Crippen LogP contribution in [0.25, 0.3) is 0 Å². The first kappa shape index (κ1) is 15.8. The lowest BCUT2D eigenvalue weighted by Gasteiger charge is -2.32. The maximum atomic E-state index is 15.2. The van der Waals surface area contributed by atoms with Crippen LogP contribution in [0, 0.1) is 5.92 Å². The molecule has 0 amide bonds. The number of carbonyl (C=O) groups excluding carboxylic acids is 1. The number of carbonyl (C=O) groups is 1. The van der Waals surface area contributed by atoms with E-state index in [1.165, 1.54) is 19.1 Å². The average molecular weight is 294 g/mol. The highest BCUT2D eigenvalue weighted by molar-refractivity contribution is 5.81. The predicted octanol–water partition coefficient (Wildman–Crippen LogP) is 3.96. The largest absolute Gasteiger partial charge is 0.508 e. The van der Waals surface area contributed by atoms with E-state index in [2.05, 4.69) is 0 Å². The van der Waals surface area contributed by atoms with Gasteiger partial charge in [-0.05, 0) is 64.2 Å². The van der Waals surface area contributed by atoms with E-state index < -0.39 is 23.2 Å². The summed E-state index contributed by atoms with van der Waals surface area (Å²) in [5, 5.41) is 9.62. The van der Waals surface area contributed by atoms with Crippen molar-refractivity contribution in [3.63, 3.8) is 0 Å². The number of alkyl halides is 1. The molecule has 1 N–H and O–H groups in total. The second kappa shape index (κ2) is 5.32. The van der Waals surface area contributed by atoms with Crippen LogP contribution in [0.1, 0.15) is 52.0 Å². The van der Waals surface area contributed by atoms with Crippen molar-refractivity contribution in [1.29, 1.82) is 0 Å². The van der Waals surface area contributed by atoms with Crippen LogP contribution in [-0.4, -0.2) is 22.3 Å². The number of phenols is 1. The topological polar surface area (TPSA) is 46.5 Å². The highest BCUT2D eigenvalue weighted by atomic mass is 19.1. The first-order valence-corrected chi connectivity index (χ1v) is 7.32. The lowest BCUT2D eigenvalue weighted by atomic mass is 9.81. The Hall–Kier alpha value is -1.58. The van der Waals surface area contributed by atoms with Crippen molar-refractivity contribution in [3.8, 4) is 5.75 Å². The Balaban J connectivity index is 2.31. The second-order valence-corrected chi connectivity index (χ2v) is 6.99. The molecule has 0 bridgehead atoms. The number of halogens is 1. The number of benzene rings is 1. The zero-order valence-electron chi connectivity index (χ0n) is 13.0. The fourth-order valence-electron chi connectivity index (χ4n) is 2.68. The Morgan fingerprint density at radius 2 is 1.95 bits per heavy atom. The Bertz CT molecular complexity index is 527. The summed E-state index contributed by atoms with van der Waals surface area (Å²) in [4.78, 5) is 12.3. The molecule has 21 heavy (non-hydrogen) atoms. The van der Waals surface area contributed by atoms with Crippen molar-refractivity contribution in [2.24, 2.45) is 5.92 Å². The molecule has 116 valence electrons. The number of hydrogen-bond donors (Lipinski definition) is 1. The first-order valence-electron chi connectivity index (χ1n) is 7.32. The molecule has 4 heteroatoms. The Labute approximate surface area is 125 Å². The maximum absolute atomic E-state index is 15.2. The molecule has 1 saturated carbocycles. The van der Waals surface area contributed by atoms with Crippen LogP contribution in [0.4, 0.5) is 4.39 Å². The molecule has 1 fully saturated rings. The van der Waals surface area contributed by atoms with Crippen LogP contribution < -0.4 is 0 Å². The van der Waals surface area contributed by atoms with Gasteiger partial charge in [0.2, 0.25) is 5.67 Å². The third-order valence-electron chi connectivity index (χ3n) is 3.70. The van der Waals surface area contributed by atoms with Crippen molar-refractivity contribution in [2.45, 2.75) is 57.7 Å². The van der Waals surface area contributed by atoms with E-state index in [-0.39, 0.29) is 11.7 Å². The SMILES string of the molecule is CC(C)(C)OC(=O)[C@](C)(F)[C@H](c1cccc(O)c1)C1CC1. The van der Waals surface area contributed by atoms with Crippen molar-refractivity contribution in [2.75, 3.05) is 0 Å². The van der Waals surface area contributed by atoms with E-state index in [9.17, 15) is 9.90 Å². The molecule has 1 aliphatic rings.